The highest BCUT2D eigenvalue weighted by Gasteiger charge is 2.28. The maximum Gasteiger partial charge on any atom is 0.292 e. The monoisotopic (exact) mass is 235 g/mol. The Morgan fingerprint density at radius 3 is 2.82 bits per heavy atom. The molecule has 2 unspecified atom stereocenters. The van der Waals surface area contributed by atoms with Crippen molar-refractivity contribution in [3.63, 3.8) is 0 Å². The Kier molecular flexibility index (Phi) is 3.28. The Morgan fingerprint density at radius 2 is 2.24 bits per heavy atom. The zero-order chi connectivity index (χ0) is 12.4. The van der Waals surface area contributed by atoms with Crippen LogP contribution in [0.15, 0.2) is 24.3 Å². The van der Waals surface area contributed by atoms with Crippen molar-refractivity contribution in [2.45, 2.75) is 19.4 Å². The molecule has 1 aliphatic heterocycles. The van der Waals surface area contributed by atoms with Gasteiger partial charge in [-0.25, -0.2) is 0 Å². The van der Waals surface area contributed by atoms with Crippen molar-refractivity contribution in [1.82, 2.24) is 0 Å². The summed E-state index contributed by atoms with van der Waals surface area (Å²) in [7, 11) is 0. The number of nitro benzene ring substituents is 1. The van der Waals surface area contributed by atoms with Crippen LogP contribution in [0.3, 0.4) is 0 Å². The Hall–Kier alpha value is -1.62. The van der Waals surface area contributed by atoms with Gasteiger partial charge in [-0.05, 0) is 25.3 Å². The van der Waals surface area contributed by atoms with Crippen molar-refractivity contribution in [3.8, 4) is 0 Å². The van der Waals surface area contributed by atoms with Gasteiger partial charge in [0.2, 0.25) is 0 Å². The molecule has 2 N–H and O–H groups in total. The van der Waals surface area contributed by atoms with Crippen LogP contribution in [0.2, 0.25) is 0 Å². The molecule has 1 aromatic rings. The molecule has 1 aliphatic rings. The number of benzene rings is 1. The van der Waals surface area contributed by atoms with Gasteiger partial charge in [-0.15, -0.1) is 0 Å². The van der Waals surface area contributed by atoms with Crippen LogP contribution in [-0.4, -0.2) is 24.1 Å². The van der Waals surface area contributed by atoms with E-state index in [0.717, 1.165) is 19.5 Å². The molecule has 5 nitrogen and oxygen atoms in total. The summed E-state index contributed by atoms with van der Waals surface area (Å²) in [5.74, 6) is 0.426. The third-order valence-corrected chi connectivity index (χ3v) is 3.39. The van der Waals surface area contributed by atoms with E-state index in [1.165, 1.54) is 0 Å². The summed E-state index contributed by atoms with van der Waals surface area (Å²) in [6, 6.07) is 7.03. The number of anilines is 1. The topological polar surface area (TPSA) is 72.4 Å². The molecular formula is C12H17N3O2. The Balaban J connectivity index is 2.21. The fraction of sp³-hybridized carbons (Fsp3) is 0.500. The molecule has 92 valence electrons. The molecule has 0 aliphatic carbocycles. The van der Waals surface area contributed by atoms with Gasteiger partial charge in [0.15, 0.2) is 0 Å². The molecule has 1 fully saturated rings. The summed E-state index contributed by atoms with van der Waals surface area (Å²) in [5, 5.41) is 10.9. The summed E-state index contributed by atoms with van der Waals surface area (Å²) in [5.41, 5.74) is 6.76. The van der Waals surface area contributed by atoms with E-state index in [9.17, 15) is 10.1 Å². The summed E-state index contributed by atoms with van der Waals surface area (Å²) in [4.78, 5) is 12.7. The fourth-order valence-corrected chi connectivity index (χ4v) is 2.32. The van der Waals surface area contributed by atoms with Crippen molar-refractivity contribution in [3.05, 3.63) is 34.4 Å². The zero-order valence-electron chi connectivity index (χ0n) is 9.87. The molecule has 2 rings (SSSR count). The minimum Gasteiger partial charge on any atom is -0.366 e. The minimum atomic E-state index is -0.325. The molecular weight excluding hydrogens is 218 g/mol. The molecule has 0 spiro atoms. The lowest BCUT2D eigenvalue weighted by molar-refractivity contribution is -0.384. The molecule has 1 saturated heterocycles. The van der Waals surface area contributed by atoms with Gasteiger partial charge in [0.05, 0.1) is 4.92 Å². The predicted octanol–water partition coefficient (Wildman–Crippen LogP) is 1.77. The van der Waals surface area contributed by atoms with Crippen molar-refractivity contribution in [2.24, 2.45) is 11.7 Å². The SMILES string of the molecule is CC(N)C1CCN(c2ccccc2[N+](=O)[O-])C1. The van der Waals surface area contributed by atoms with Gasteiger partial charge >= 0.3 is 0 Å². The molecule has 5 heteroatoms. The van der Waals surface area contributed by atoms with E-state index in [1.807, 2.05) is 19.1 Å². The Labute approximate surface area is 100 Å². The first-order chi connectivity index (χ1) is 8.09. The quantitative estimate of drug-likeness (QED) is 0.640. The Morgan fingerprint density at radius 1 is 1.53 bits per heavy atom. The number of hydrogen-bond acceptors (Lipinski definition) is 4. The van der Waals surface area contributed by atoms with Gasteiger partial charge in [-0.1, -0.05) is 12.1 Å². The number of para-hydroxylation sites is 2. The first kappa shape index (κ1) is 11.9. The maximum absolute atomic E-state index is 10.9. The largest absolute Gasteiger partial charge is 0.366 e. The van der Waals surface area contributed by atoms with Crippen LogP contribution < -0.4 is 10.6 Å². The van der Waals surface area contributed by atoms with E-state index in [0.29, 0.717) is 11.6 Å². The smallest absolute Gasteiger partial charge is 0.292 e. The lowest BCUT2D eigenvalue weighted by Gasteiger charge is -2.19. The highest BCUT2D eigenvalue weighted by molar-refractivity contribution is 5.63. The zero-order valence-corrected chi connectivity index (χ0v) is 9.87. The average Bonchev–Trinajstić information content (AvgIpc) is 2.78. The standard InChI is InChI=1S/C12H17N3O2/c1-9(13)10-6-7-14(8-10)11-4-2-3-5-12(11)15(16)17/h2-5,9-10H,6-8,13H2,1H3. The summed E-state index contributed by atoms with van der Waals surface area (Å²) in [6.07, 6.45) is 1.00. The van der Waals surface area contributed by atoms with Crippen molar-refractivity contribution >= 4 is 11.4 Å². The highest BCUT2D eigenvalue weighted by atomic mass is 16.6. The average molecular weight is 235 g/mol. The van der Waals surface area contributed by atoms with Gasteiger partial charge in [0, 0.05) is 25.2 Å². The second-order valence-electron chi connectivity index (χ2n) is 4.60. The maximum atomic E-state index is 10.9. The molecule has 0 bridgehead atoms. The van der Waals surface area contributed by atoms with Crippen LogP contribution in [0, 0.1) is 16.0 Å². The van der Waals surface area contributed by atoms with Crippen LogP contribution in [-0.2, 0) is 0 Å². The first-order valence-corrected chi connectivity index (χ1v) is 5.83. The summed E-state index contributed by atoms with van der Waals surface area (Å²) < 4.78 is 0. The van der Waals surface area contributed by atoms with Gasteiger partial charge in [0.25, 0.3) is 5.69 Å². The number of rotatable bonds is 3. The van der Waals surface area contributed by atoms with Crippen LogP contribution >= 0.6 is 0 Å². The summed E-state index contributed by atoms with van der Waals surface area (Å²) in [6.45, 7) is 3.65. The second-order valence-corrected chi connectivity index (χ2v) is 4.60. The summed E-state index contributed by atoms with van der Waals surface area (Å²) >= 11 is 0. The van der Waals surface area contributed by atoms with Crippen LogP contribution in [0.25, 0.3) is 0 Å². The predicted molar refractivity (Wildman–Crippen MR) is 67.1 cm³/mol. The second kappa shape index (κ2) is 4.71. The molecule has 0 radical (unpaired) electrons. The third-order valence-electron chi connectivity index (χ3n) is 3.39. The lowest BCUT2D eigenvalue weighted by atomic mass is 10.0. The molecule has 0 aromatic heterocycles. The van der Waals surface area contributed by atoms with Crippen LogP contribution in [0.4, 0.5) is 11.4 Å². The molecule has 0 amide bonds. The molecule has 0 saturated carbocycles. The van der Waals surface area contributed by atoms with E-state index >= 15 is 0 Å². The molecule has 1 heterocycles. The molecule has 2 atom stereocenters. The van der Waals surface area contributed by atoms with E-state index in [2.05, 4.69) is 4.90 Å². The van der Waals surface area contributed by atoms with Crippen LogP contribution in [0.5, 0.6) is 0 Å². The molecule has 1 aromatic carbocycles. The van der Waals surface area contributed by atoms with Gasteiger partial charge in [-0.2, -0.15) is 0 Å². The minimum absolute atomic E-state index is 0.141. The number of nitro groups is 1. The van der Waals surface area contributed by atoms with E-state index in [4.69, 9.17) is 5.73 Å². The van der Waals surface area contributed by atoms with Crippen molar-refractivity contribution in [1.29, 1.82) is 0 Å². The molecule has 17 heavy (non-hydrogen) atoms. The van der Waals surface area contributed by atoms with Gasteiger partial charge in [0.1, 0.15) is 5.69 Å². The van der Waals surface area contributed by atoms with Gasteiger partial charge in [-0.3, -0.25) is 10.1 Å². The van der Waals surface area contributed by atoms with E-state index < -0.39 is 0 Å². The number of nitrogens with two attached hydrogens (primary N) is 1. The lowest BCUT2D eigenvalue weighted by Crippen LogP contribution is -2.29. The first-order valence-electron chi connectivity index (χ1n) is 5.83. The van der Waals surface area contributed by atoms with E-state index in [1.54, 1.807) is 12.1 Å². The number of nitrogens with zero attached hydrogens (tertiary/aromatic N) is 2. The van der Waals surface area contributed by atoms with Crippen molar-refractivity contribution < 1.29 is 4.92 Å². The third kappa shape index (κ3) is 2.39. The van der Waals surface area contributed by atoms with Crippen molar-refractivity contribution in [2.75, 3.05) is 18.0 Å². The highest BCUT2D eigenvalue weighted by Crippen LogP contribution is 2.32. The van der Waals surface area contributed by atoms with Crippen LogP contribution in [0.1, 0.15) is 13.3 Å². The van der Waals surface area contributed by atoms with E-state index in [-0.39, 0.29) is 16.7 Å². The normalized spacial score (nSPS) is 21.5. The number of hydrogen-bond donors (Lipinski definition) is 1. The van der Waals surface area contributed by atoms with Gasteiger partial charge < -0.3 is 10.6 Å². The fourth-order valence-electron chi connectivity index (χ4n) is 2.32. The Bertz CT molecular complexity index is 420.